The Morgan fingerprint density at radius 3 is 1.80 bits per heavy atom. The van der Waals surface area contributed by atoms with Gasteiger partial charge >= 0.3 is 57.4 Å². The first-order chi connectivity index (χ1) is 11.3. The normalized spacial score (nSPS) is 12.2. The smallest absolute Gasteiger partial charge is 0.550 e. The van der Waals surface area contributed by atoms with Crippen LogP contribution in [-0.2, 0) is 24.4 Å². The second-order valence-corrected chi connectivity index (χ2v) is 7.53. The van der Waals surface area contributed by atoms with Crippen LogP contribution in [0.2, 0.25) is 0 Å². The zero-order chi connectivity index (χ0) is 18.4. The number of esters is 1. The molecule has 0 rings (SSSR count). The van der Waals surface area contributed by atoms with Crippen molar-refractivity contribution in [1.29, 1.82) is 0 Å². The summed E-state index contributed by atoms with van der Waals surface area (Å²) in [7, 11) is -4.82. The molecule has 0 amide bonds. The molecule has 0 saturated carbocycles. The summed E-state index contributed by atoms with van der Waals surface area (Å²) in [5, 5.41) is 8.31. The molecular weight excluding hydrogens is 375 g/mol. The summed E-state index contributed by atoms with van der Waals surface area (Å²) in [4.78, 5) is 22.0. The number of carbonyl (C=O) groups is 2. The third kappa shape index (κ3) is 16.4. The SMILES string of the molecule is CCCCCCCCCCCCOC(=O)C(CC(=O)[O-])S(=O)(=O)O.[K+]. The Bertz CT molecular complexity index is 465. The quantitative estimate of drug-likeness (QED) is 0.158. The van der Waals surface area contributed by atoms with Crippen molar-refractivity contribution in [2.45, 2.75) is 82.8 Å². The van der Waals surface area contributed by atoms with Gasteiger partial charge in [0.05, 0.1) is 6.61 Å². The van der Waals surface area contributed by atoms with Gasteiger partial charge in [-0.05, 0) is 6.42 Å². The van der Waals surface area contributed by atoms with E-state index in [1.54, 1.807) is 0 Å². The number of carbonyl (C=O) groups excluding carboxylic acids is 2. The van der Waals surface area contributed by atoms with Crippen molar-refractivity contribution in [1.82, 2.24) is 0 Å². The van der Waals surface area contributed by atoms with Gasteiger partial charge in [0, 0.05) is 12.4 Å². The van der Waals surface area contributed by atoms with Gasteiger partial charge in [-0.1, -0.05) is 64.7 Å². The van der Waals surface area contributed by atoms with Crippen LogP contribution < -0.4 is 56.5 Å². The van der Waals surface area contributed by atoms with E-state index in [1.807, 2.05) is 0 Å². The van der Waals surface area contributed by atoms with E-state index >= 15 is 0 Å². The maximum Gasteiger partial charge on any atom is 1.00 e. The minimum Gasteiger partial charge on any atom is -0.550 e. The summed E-state index contributed by atoms with van der Waals surface area (Å²) in [6, 6.07) is 0. The minimum atomic E-state index is -4.82. The molecule has 25 heavy (non-hydrogen) atoms. The molecule has 0 saturated heterocycles. The Hall–Kier alpha value is 0.486. The second-order valence-electron chi connectivity index (χ2n) is 5.93. The van der Waals surface area contributed by atoms with Crippen LogP contribution >= 0.6 is 0 Å². The molecule has 0 aliphatic carbocycles. The molecule has 0 fully saturated rings. The average Bonchev–Trinajstić information content (AvgIpc) is 2.48. The summed E-state index contributed by atoms with van der Waals surface area (Å²) in [5.41, 5.74) is 0. The fourth-order valence-corrected chi connectivity index (χ4v) is 2.97. The third-order valence-electron chi connectivity index (χ3n) is 3.72. The number of ether oxygens (including phenoxy) is 1. The maximum atomic E-state index is 11.5. The van der Waals surface area contributed by atoms with Crippen molar-refractivity contribution in [3.63, 3.8) is 0 Å². The molecule has 0 aliphatic rings. The van der Waals surface area contributed by atoms with Gasteiger partial charge in [0.2, 0.25) is 0 Å². The molecule has 0 radical (unpaired) electrons. The summed E-state index contributed by atoms with van der Waals surface area (Å²) >= 11 is 0. The summed E-state index contributed by atoms with van der Waals surface area (Å²) in [6.07, 6.45) is 9.90. The van der Waals surface area contributed by atoms with Crippen LogP contribution in [0.1, 0.15) is 77.6 Å². The van der Waals surface area contributed by atoms with Gasteiger partial charge in [-0.25, -0.2) is 0 Å². The zero-order valence-electron chi connectivity index (χ0n) is 15.4. The molecule has 1 unspecified atom stereocenters. The van der Waals surface area contributed by atoms with Crippen LogP contribution in [0.4, 0.5) is 0 Å². The van der Waals surface area contributed by atoms with Crippen molar-refractivity contribution < 1.29 is 83.8 Å². The van der Waals surface area contributed by atoms with E-state index in [0.717, 1.165) is 19.3 Å². The standard InChI is InChI=1S/C16H30O7S.K/c1-2-3-4-5-6-7-8-9-10-11-12-23-16(19)14(13-15(17)18)24(20,21)22;/h14H,2-13H2,1H3,(H,17,18)(H,20,21,22);/q;+1/p-1. The van der Waals surface area contributed by atoms with E-state index in [1.165, 1.54) is 38.5 Å². The Morgan fingerprint density at radius 1 is 0.960 bits per heavy atom. The van der Waals surface area contributed by atoms with Crippen LogP contribution in [0.15, 0.2) is 0 Å². The van der Waals surface area contributed by atoms with E-state index in [4.69, 9.17) is 9.29 Å². The van der Waals surface area contributed by atoms with Gasteiger partial charge in [-0.3, -0.25) is 9.35 Å². The van der Waals surface area contributed by atoms with Crippen molar-refractivity contribution in [3.8, 4) is 0 Å². The number of aliphatic carboxylic acids is 1. The number of rotatable bonds is 15. The summed E-state index contributed by atoms with van der Waals surface area (Å²) < 4.78 is 35.5. The zero-order valence-corrected chi connectivity index (χ0v) is 19.3. The molecular formula is C16H29KO7S. The monoisotopic (exact) mass is 404 g/mol. The van der Waals surface area contributed by atoms with Gasteiger partial charge in [-0.2, -0.15) is 8.42 Å². The summed E-state index contributed by atoms with van der Waals surface area (Å²) in [6.45, 7) is 2.19. The molecule has 0 bridgehead atoms. The number of hydrogen-bond donors (Lipinski definition) is 1. The largest absolute Gasteiger partial charge is 1.00 e. The second kappa shape index (κ2) is 16.6. The molecule has 0 aromatic carbocycles. The van der Waals surface area contributed by atoms with Gasteiger partial charge in [0.15, 0.2) is 5.25 Å². The average molecular weight is 405 g/mol. The van der Waals surface area contributed by atoms with Gasteiger partial charge in [0.1, 0.15) is 0 Å². The van der Waals surface area contributed by atoms with Crippen LogP contribution in [-0.4, -0.2) is 36.8 Å². The third-order valence-corrected chi connectivity index (χ3v) is 4.79. The minimum absolute atomic E-state index is 0. The first kappa shape index (κ1) is 27.7. The number of hydrogen-bond acceptors (Lipinski definition) is 6. The van der Waals surface area contributed by atoms with E-state index < -0.39 is 33.7 Å². The van der Waals surface area contributed by atoms with E-state index in [0.29, 0.717) is 6.42 Å². The molecule has 0 aromatic heterocycles. The van der Waals surface area contributed by atoms with Crippen molar-refractivity contribution in [2.24, 2.45) is 0 Å². The first-order valence-electron chi connectivity index (χ1n) is 8.61. The number of unbranched alkanes of at least 4 members (excludes halogenated alkanes) is 9. The molecule has 0 heterocycles. The Labute approximate surface area is 193 Å². The first-order valence-corrected chi connectivity index (χ1v) is 10.1. The van der Waals surface area contributed by atoms with Crippen LogP contribution in [0.5, 0.6) is 0 Å². The Kier molecular flexibility index (Phi) is 18.4. The van der Waals surface area contributed by atoms with Crippen LogP contribution in [0, 0.1) is 0 Å². The van der Waals surface area contributed by atoms with Crippen molar-refractivity contribution >= 4 is 22.1 Å². The maximum absolute atomic E-state index is 11.5. The molecule has 0 spiro atoms. The molecule has 0 aromatic rings. The van der Waals surface area contributed by atoms with E-state index in [-0.39, 0.29) is 58.0 Å². The van der Waals surface area contributed by atoms with Crippen LogP contribution in [0.3, 0.4) is 0 Å². The number of carboxylic acid groups (broad SMARTS) is 1. The molecule has 1 atom stereocenters. The van der Waals surface area contributed by atoms with Crippen LogP contribution in [0.25, 0.3) is 0 Å². The molecule has 142 valence electrons. The fourth-order valence-electron chi connectivity index (χ4n) is 2.32. The number of carboxylic acids is 1. The van der Waals surface area contributed by atoms with E-state index in [2.05, 4.69) is 6.92 Å². The van der Waals surface area contributed by atoms with Gasteiger partial charge in [-0.15, -0.1) is 0 Å². The van der Waals surface area contributed by atoms with Crippen molar-refractivity contribution in [2.75, 3.05) is 6.61 Å². The summed E-state index contributed by atoms with van der Waals surface area (Å²) in [5.74, 6) is -2.99. The Morgan fingerprint density at radius 2 is 1.40 bits per heavy atom. The predicted molar refractivity (Wildman–Crippen MR) is 87.8 cm³/mol. The van der Waals surface area contributed by atoms with Crippen molar-refractivity contribution in [3.05, 3.63) is 0 Å². The van der Waals surface area contributed by atoms with Gasteiger partial charge in [0.25, 0.3) is 10.1 Å². The predicted octanol–water partition coefficient (Wildman–Crippen LogP) is -1.15. The fraction of sp³-hybridized carbons (Fsp3) is 0.875. The molecule has 9 heteroatoms. The molecule has 1 N–H and O–H groups in total. The molecule has 0 aliphatic heterocycles. The topological polar surface area (TPSA) is 121 Å². The molecule has 7 nitrogen and oxygen atoms in total. The van der Waals surface area contributed by atoms with E-state index in [9.17, 15) is 23.1 Å². The Balaban J connectivity index is 0. The van der Waals surface area contributed by atoms with Gasteiger partial charge < -0.3 is 14.6 Å².